The second-order valence-corrected chi connectivity index (χ2v) is 7.07. The van der Waals surface area contributed by atoms with E-state index in [2.05, 4.69) is 13.8 Å². The van der Waals surface area contributed by atoms with Gasteiger partial charge in [0.25, 0.3) is 0 Å². The zero-order valence-corrected chi connectivity index (χ0v) is 13.5. The molecule has 0 aliphatic carbocycles. The molecule has 0 amide bonds. The van der Waals surface area contributed by atoms with Gasteiger partial charge in [0, 0.05) is 18.8 Å². The van der Waals surface area contributed by atoms with Gasteiger partial charge in [0.2, 0.25) is 10.0 Å². The minimum atomic E-state index is -3.43. The summed E-state index contributed by atoms with van der Waals surface area (Å²) in [6.07, 6.45) is 3.72. The Morgan fingerprint density at radius 1 is 1.10 bits per heavy atom. The number of sulfonamides is 1. The van der Waals surface area contributed by atoms with Gasteiger partial charge < -0.3 is 5.73 Å². The number of nitrogen functional groups attached to an aromatic ring is 1. The van der Waals surface area contributed by atoms with Gasteiger partial charge in [-0.3, -0.25) is 0 Å². The predicted molar refractivity (Wildman–Crippen MR) is 84.2 cm³/mol. The lowest BCUT2D eigenvalue weighted by Crippen LogP contribution is -2.33. The van der Waals surface area contributed by atoms with Gasteiger partial charge in [0.1, 0.15) is 0 Å². The van der Waals surface area contributed by atoms with Gasteiger partial charge in [-0.25, -0.2) is 8.42 Å². The van der Waals surface area contributed by atoms with E-state index in [1.807, 2.05) is 6.92 Å². The summed E-state index contributed by atoms with van der Waals surface area (Å²) in [7, 11) is -3.43. The summed E-state index contributed by atoms with van der Waals surface area (Å²) in [6, 6.07) is 4.97. The quantitative estimate of drug-likeness (QED) is 0.750. The van der Waals surface area contributed by atoms with Gasteiger partial charge in [0.15, 0.2) is 0 Å². The SMILES string of the molecule is CCCCN(CCCC)S(=O)(=O)c1ccc(C)c(N)c1. The first kappa shape index (κ1) is 17.0. The lowest BCUT2D eigenvalue weighted by atomic mass is 10.2. The molecule has 4 nitrogen and oxygen atoms in total. The Kier molecular flexibility index (Phi) is 6.49. The molecule has 0 aliphatic heterocycles. The van der Waals surface area contributed by atoms with Crippen LogP contribution < -0.4 is 5.73 Å². The molecule has 5 heteroatoms. The fourth-order valence-corrected chi connectivity index (χ4v) is 3.50. The van der Waals surface area contributed by atoms with E-state index in [0.29, 0.717) is 23.7 Å². The minimum Gasteiger partial charge on any atom is -0.398 e. The second kappa shape index (κ2) is 7.64. The molecule has 0 saturated heterocycles. The summed E-state index contributed by atoms with van der Waals surface area (Å²) in [5.74, 6) is 0. The van der Waals surface area contributed by atoms with E-state index in [1.165, 1.54) is 0 Å². The van der Waals surface area contributed by atoms with Crippen LogP contribution in [0.25, 0.3) is 0 Å². The third-order valence-corrected chi connectivity index (χ3v) is 5.31. The van der Waals surface area contributed by atoms with Gasteiger partial charge in [0.05, 0.1) is 4.90 Å². The van der Waals surface area contributed by atoms with Crippen molar-refractivity contribution in [3.63, 3.8) is 0 Å². The highest BCUT2D eigenvalue weighted by atomic mass is 32.2. The van der Waals surface area contributed by atoms with Crippen molar-refractivity contribution in [3.8, 4) is 0 Å². The van der Waals surface area contributed by atoms with Crippen molar-refractivity contribution in [3.05, 3.63) is 23.8 Å². The fourth-order valence-electron chi connectivity index (χ4n) is 1.95. The summed E-state index contributed by atoms with van der Waals surface area (Å²) in [5, 5.41) is 0. The number of benzene rings is 1. The molecule has 1 aromatic rings. The van der Waals surface area contributed by atoms with Gasteiger partial charge in [-0.05, 0) is 37.5 Å². The minimum absolute atomic E-state index is 0.299. The van der Waals surface area contributed by atoms with Crippen LogP contribution in [-0.2, 0) is 10.0 Å². The first-order valence-electron chi connectivity index (χ1n) is 7.29. The Morgan fingerprint density at radius 3 is 2.10 bits per heavy atom. The zero-order valence-electron chi connectivity index (χ0n) is 12.7. The van der Waals surface area contributed by atoms with Crippen molar-refractivity contribution in [2.24, 2.45) is 0 Å². The van der Waals surface area contributed by atoms with Gasteiger partial charge >= 0.3 is 0 Å². The Morgan fingerprint density at radius 2 is 1.65 bits per heavy atom. The van der Waals surface area contributed by atoms with Crippen LogP contribution in [0.3, 0.4) is 0 Å². The number of nitrogens with zero attached hydrogens (tertiary/aromatic N) is 1. The number of hydrogen-bond acceptors (Lipinski definition) is 3. The monoisotopic (exact) mass is 298 g/mol. The van der Waals surface area contributed by atoms with Crippen LogP contribution in [0.4, 0.5) is 5.69 Å². The van der Waals surface area contributed by atoms with Gasteiger partial charge in [-0.15, -0.1) is 0 Å². The molecular formula is C15H26N2O2S. The molecule has 0 bridgehead atoms. The molecule has 1 aromatic carbocycles. The maximum Gasteiger partial charge on any atom is 0.243 e. The third-order valence-electron chi connectivity index (χ3n) is 3.41. The van der Waals surface area contributed by atoms with Crippen LogP contribution in [0, 0.1) is 6.92 Å². The first-order valence-corrected chi connectivity index (χ1v) is 8.73. The first-order chi connectivity index (χ1) is 9.43. The van der Waals surface area contributed by atoms with Crippen molar-refractivity contribution in [2.45, 2.75) is 51.3 Å². The molecule has 0 spiro atoms. The molecule has 1 rings (SSSR count). The summed E-state index contributed by atoms with van der Waals surface area (Å²) in [5.41, 5.74) is 7.26. The summed E-state index contributed by atoms with van der Waals surface area (Å²) in [4.78, 5) is 0.299. The predicted octanol–water partition coefficient (Wildman–Crippen LogP) is 3.17. The van der Waals surface area contributed by atoms with Crippen LogP contribution in [0.2, 0.25) is 0 Å². The van der Waals surface area contributed by atoms with E-state index in [1.54, 1.807) is 22.5 Å². The largest absolute Gasteiger partial charge is 0.398 e. The van der Waals surface area contributed by atoms with E-state index in [-0.39, 0.29) is 0 Å². The highest BCUT2D eigenvalue weighted by molar-refractivity contribution is 7.89. The number of rotatable bonds is 8. The zero-order chi connectivity index (χ0) is 15.2. The molecule has 114 valence electrons. The molecule has 0 heterocycles. The smallest absolute Gasteiger partial charge is 0.243 e. The van der Waals surface area contributed by atoms with Crippen molar-refractivity contribution >= 4 is 15.7 Å². The molecular weight excluding hydrogens is 272 g/mol. The number of aryl methyl sites for hydroxylation is 1. The summed E-state index contributed by atoms with van der Waals surface area (Å²) in [6.45, 7) is 7.15. The fraction of sp³-hybridized carbons (Fsp3) is 0.600. The maximum absolute atomic E-state index is 12.7. The van der Waals surface area contributed by atoms with Crippen LogP contribution in [0.15, 0.2) is 23.1 Å². The van der Waals surface area contributed by atoms with Crippen LogP contribution >= 0.6 is 0 Å². The summed E-state index contributed by atoms with van der Waals surface area (Å²) >= 11 is 0. The van der Waals surface area contributed by atoms with Gasteiger partial charge in [-0.1, -0.05) is 32.8 Å². The van der Waals surface area contributed by atoms with Crippen LogP contribution in [0.5, 0.6) is 0 Å². The number of anilines is 1. The van der Waals surface area contributed by atoms with Crippen molar-refractivity contribution < 1.29 is 8.42 Å². The highest BCUT2D eigenvalue weighted by Crippen LogP contribution is 2.21. The van der Waals surface area contributed by atoms with Crippen molar-refractivity contribution in [2.75, 3.05) is 18.8 Å². The Labute approximate surface area is 123 Å². The number of unbranched alkanes of at least 4 members (excludes halogenated alkanes) is 2. The second-order valence-electron chi connectivity index (χ2n) is 5.13. The average Bonchev–Trinajstić information content (AvgIpc) is 2.41. The van der Waals surface area contributed by atoms with E-state index in [0.717, 1.165) is 31.2 Å². The topological polar surface area (TPSA) is 63.4 Å². The molecule has 0 aromatic heterocycles. The number of nitrogens with two attached hydrogens (primary N) is 1. The van der Waals surface area contributed by atoms with E-state index in [4.69, 9.17) is 5.73 Å². The third kappa shape index (κ3) is 4.21. The Balaban J connectivity index is 3.03. The summed E-state index contributed by atoms with van der Waals surface area (Å²) < 4.78 is 26.9. The molecule has 0 atom stereocenters. The molecule has 0 aliphatic rings. The highest BCUT2D eigenvalue weighted by Gasteiger charge is 2.23. The molecule has 0 radical (unpaired) electrons. The lowest BCUT2D eigenvalue weighted by molar-refractivity contribution is 0.395. The number of hydrogen-bond donors (Lipinski definition) is 1. The molecule has 0 unspecified atom stereocenters. The van der Waals surface area contributed by atoms with Crippen molar-refractivity contribution in [1.29, 1.82) is 0 Å². The molecule has 20 heavy (non-hydrogen) atoms. The van der Waals surface area contributed by atoms with E-state index < -0.39 is 10.0 Å². The average molecular weight is 298 g/mol. The lowest BCUT2D eigenvalue weighted by Gasteiger charge is -2.22. The van der Waals surface area contributed by atoms with E-state index >= 15 is 0 Å². The van der Waals surface area contributed by atoms with E-state index in [9.17, 15) is 8.42 Å². The Hall–Kier alpha value is -1.07. The standard InChI is InChI=1S/C15H26N2O2S/c1-4-6-10-17(11-7-5-2)20(18,19)14-9-8-13(3)15(16)12-14/h8-9,12H,4-7,10-11,16H2,1-3H3. The maximum atomic E-state index is 12.7. The van der Waals surface area contributed by atoms with Crippen molar-refractivity contribution in [1.82, 2.24) is 4.31 Å². The molecule has 2 N–H and O–H groups in total. The molecule has 0 saturated carbocycles. The molecule has 0 fully saturated rings. The normalized spacial score (nSPS) is 12.0. The van der Waals surface area contributed by atoms with Gasteiger partial charge in [-0.2, -0.15) is 4.31 Å². The van der Waals surface area contributed by atoms with Crippen LogP contribution in [0.1, 0.15) is 45.1 Å². The van der Waals surface area contributed by atoms with Crippen LogP contribution in [-0.4, -0.2) is 25.8 Å². The Bertz CT molecular complexity index is 519.